The summed E-state index contributed by atoms with van der Waals surface area (Å²) in [5.41, 5.74) is 0. The molecule has 0 bridgehead atoms. The molecule has 1 fully saturated rings. The van der Waals surface area contributed by atoms with Gasteiger partial charge in [0.05, 0.1) is 6.07 Å². The van der Waals surface area contributed by atoms with Crippen LogP contribution >= 0.6 is 0 Å². The van der Waals surface area contributed by atoms with Crippen LogP contribution in [-0.4, -0.2) is 48.0 Å². The smallest absolute Gasteiger partial charge is 0.334 e. The lowest BCUT2D eigenvalue weighted by Gasteiger charge is -2.32. The number of nitriles is 1. The zero-order valence-corrected chi connectivity index (χ0v) is 8.27. The lowest BCUT2D eigenvalue weighted by Crippen LogP contribution is -2.54. The molecule has 7 nitrogen and oxygen atoms in total. The summed E-state index contributed by atoms with van der Waals surface area (Å²) in [6.45, 7) is 0.934. The summed E-state index contributed by atoms with van der Waals surface area (Å²) in [5, 5.41) is 11.7. The molecule has 82 valence electrons. The molecule has 1 rings (SSSR count). The van der Waals surface area contributed by atoms with E-state index in [0.717, 1.165) is 11.4 Å². The Labute approximate surface area is 87.4 Å². The summed E-state index contributed by atoms with van der Waals surface area (Å²) in [6, 6.07) is 1.43. The van der Waals surface area contributed by atoms with E-state index in [1.807, 2.05) is 0 Å². The Kier molecular flexibility index (Phi) is 3.88. The van der Waals surface area contributed by atoms with Crippen molar-refractivity contribution in [2.75, 3.05) is 26.2 Å². The maximum absolute atomic E-state index is 11.4. The van der Waals surface area contributed by atoms with Gasteiger partial charge in [-0.15, -0.1) is 0 Å². The SMILES string of the molecule is N#CCNC(=O)CN1CCCN(N)C1=O. The second-order valence-corrected chi connectivity index (χ2v) is 3.19. The van der Waals surface area contributed by atoms with E-state index < -0.39 is 0 Å². The molecule has 0 aliphatic carbocycles. The molecule has 0 unspecified atom stereocenters. The first-order chi connectivity index (χ1) is 7.15. The average Bonchev–Trinajstić information content (AvgIpc) is 2.22. The molecule has 0 aromatic heterocycles. The number of nitrogens with two attached hydrogens (primary N) is 1. The van der Waals surface area contributed by atoms with Crippen LogP contribution in [0.5, 0.6) is 0 Å². The van der Waals surface area contributed by atoms with Crippen molar-refractivity contribution < 1.29 is 9.59 Å². The van der Waals surface area contributed by atoms with Crippen molar-refractivity contribution in [2.24, 2.45) is 5.84 Å². The number of hydrogen-bond donors (Lipinski definition) is 2. The van der Waals surface area contributed by atoms with E-state index in [4.69, 9.17) is 11.1 Å². The first kappa shape index (κ1) is 11.3. The average molecular weight is 211 g/mol. The number of urea groups is 1. The summed E-state index contributed by atoms with van der Waals surface area (Å²) >= 11 is 0. The van der Waals surface area contributed by atoms with Crippen molar-refractivity contribution in [1.82, 2.24) is 15.2 Å². The molecule has 1 aliphatic rings. The molecule has 0 atom stereocenters. The number of rotatable bonds is 3. The molecule has 1 heterocycles. The molecular weight excluding hydrogens is 198 g/mol. The van der Waals surface area contributed by atoms with Crippen LogP contribution < -0.4 is 11.2 Å². The summed E-state index contributed by atoms with van der Waals surface area (Å²) in [6.07, 6.45) is 0.744. The molecule has 7 heteroatoms. The standard InChI is InChI=1S/C8H13N5O2/c9-2-3-11-7(14)6-12-4-1-5-13(10)8(12)15/h1,3-6,10H2,(H,11,14). The molecular formula is C8H13N5O2. The molecule has 0 saturated carbocycles. The Morgan fingerprint density at radius 2 is 2.33 bits per heavy atom. The van der Waals surface area contributed by atoms with E-state index in [1.165, 1.54) is 4.90 Å². The third-order valence-electron chi connectivity index (χ3n) is 2.04. The van der Waals surface area contributed by atoms with E-state index in [1.54, 1.807) is 6.07 Å². The zero-order chi connectivity index (χ0) is 11.3. The molecule has 0 radical (unpaired) electrons. The van der Waals surface area contributed by atoms with E-state index in [2.05, 4.69) is 5.32 Å². The van der Waals surface area contributed by atoms with Gasteiger partial charge in [0.15, 0.2) is 0 Å². The van der Waals surface area contributed by atoms with Crippen LogP contribution in [0, 0.1) is 11.3 Å². The van der Waals surface area contributed by atoms with E-state index in [9.17, 15) is 9.59 Å². The fourth-order valence-electron chi connectivity index (χ4n) is 1.32. The van der Waals surface area contributed by atoms with E-state index >= 15 is 0 Å². The fourth-order valence-corrected chi connectivity index (χ4v) is 1.32. The summed E-state index contributed by atoms with van der Waals surface area (Å²) in [7, 11) is 0. The zero-order valence-electron chi connectivity index (χ0n) is 8.27. The second kappa shape index (κ2) is 5.17. The minimum atomic E-state index is -0.353. The Morgan fingerprint density at radius 3 is 3.00 bits per heavy atom. The molecule has 0 aromatic rings. The Bertz CT molecular complexity index is 298. The molecule has 15 heavy (non-hydrogen) atoms. The van der Waals surface area contributed by atoms with Crippen molar-refractivity contribution >= 4 is 11.9 Å². The monoisotopic (exact) mass is 211 g/mol. The maximum Gasteiger partial charge on any atom is 0.334 e. The van der Waals surface area contributed by atoms with Crippen LogP contribution in [0.4, 0.5) is 4.79 Å². The van der Waals surface area contributed by atoms with Crippen LogP contribution in [0.25, 0.3) is 0 Å². The summed E-state index contributed by atoms with van der Waals surface area (Å²) in [5.74, 6) is 5.06. The molecule has 1 saturated heterocycles. The van der Waals surface area contributed by atoms with Crippen molar-refractivity contribution in [3.05, 3.63) is 0 Å². The fraction of sp³-hybridized carbons (Fsp3) is 0.625. The Balaban J connectivity index is 2.40. The van der Waals surface area contributed by atoms with Gasteiger partial charge in [0.25, 0.3) is 0 Å². The molecule has 1 aliphatic heterocycles. The summed E-state index contributed by atoms with van der Waals surface area (Å²) < 4.78 is 0. The van der Waals surface area contributed by atoms with Gasteiger partial charge < -0.3 is 10.2 Å². The van der Waals surface area contributed by atoms with E-state index in [-0.39, 0.29) is 25.0 Å². The Hall–Kier alpha value is -1.81. The van der Waals surface area contributed by atoms with Gasteiger partial charge >= 0.3 is 6.03 Å². The minimum absolute atomic E-state index is 0.0474. The first-order valence-electron chi connectivity index (χ1n) is 4.60. The van der Waals surface area contributed by atoms with E-state index in [0.29, 0.717) is 13.1 Å². The number of amides is 3. The van der Waals surface area contributed by atoms with Crippen molar-refractivity contribution in [2.45, 2.75) is 6.42 Å². The highest BCUT2D eigenvalue weighted by Crippen LogP contribution is 2.04. The van der Waals surface area contributed by atoms with Gasteiger partial charge in [0, 0.05) is 13.1 Å². The van der Waals surface area contributed by atoms with Crippen LogP contribution in [-0.2, 0) is 4.79 Å². The number of nitrogens with one attached hydrogen (secondary N) is 1. The topological polar surface area (TPSA) is 102 Å². The highest BCUT2D eigenvalue weighted by Gasteiger charge is 2.24. The van der Waals surface area contributed by atoms with Gasteiger partial charge in [-0.25, -0.2) is 10.6 Å². The lowest BCUT2D eigenvalue weighted by molar-refractivity contribution is -0.121. The molecule has 0 aromatic carbocycles. The highest BCUT2D eigenvalue weighted by atomic mass is 16.2. The maximum atomic E-state index is 11.4. The second-order valence-electron chi connectivity index (χ2n) is 3.19. The van der Waals surface area contributed by atoms with Gasteiger partial charge in [-0.05, 0) is 6.42 Å². The number of nitrogens with zero attached hydrogens (tertiary/aromatic N) is 3. The Morgan fingerprint density at radius 1 is 1.60 bits per heavy atom. The van der Waals surface area contributed by atoms with Crippen LogP contribution in [0.2, 0.25) is 0 Å². The van der Waals surface area contributed by atoms with Gasteiger partial charge in [-0.2, -0.15) is 5.26 Å². The van der Waals surface area contributed by atoms with Gasteiger partial charge in [0.1, 0.15) is 13.1 Å². The van der Waals surface area contributed by atoms with Crippen LogP contribution in [0.1, 0.15) is 6.42 Å². The quantitative estimate of drug-likeness (QED) is 0.341. The molecule has 3 N–H and O–H groups in total. The summed E-state index contributed by atoms with van der Waals surface area (Å²) in [4.78, 5) is 24.0. The van der Waals surface area contributed by atoms with Crippen molar-refractivity contribution in [3.8, 4) is 6.07 Å². The first-order valence-corrected chi connectivity index (χ1v) is 4.60. The van der Waals surface area contributed by atoms with Gasteiger partial charge in [-0.3, -0.25) is 9.80 Å². The highest BCUT2D eigenvalue weighted by molar-refractivity contribution is 5.84. The van der Waals surface area contributed by atoms with Crippen molar-refractivity contribution in [1.29, 1.82) is 5.26 Å². The van der Waals surface area contributed by atoms with Gasteiger partial charge in [0.2, 0.25) is 5.91 Å². The molecule has 3 amide bonds. The molecule has 0 spiro atoms. The largest absolute Gasteiger partial charge is 0.341 e. The minimum Gasteiger partial charge on any atom is -0.341 e. The lowest BCUT2D eigenvalue weighted by atomic mass is 10.3. The predicted molar refractivity (Wildman–Crippen MR) is 51.1 cm³/mol. The van der Waals surface area contributed by atoms with Gasteiger partial charge in [-0.1, -0.05) is 0 Å². The number of hydrazine groups is 1. The third kappa shape index (κ3) is 3.11. The van der Waals surface area contributed by atoms with Crippen LogP contribution in [0.15, 0.2) is 0 Å². The number of hydrogen-bond acceptors (Lipinski definition) is 4. The number of carbonyl (C=O) groups is 2. The number of carbonyl (C=O) groups excluding carboxylic acids is 2. The third-order valence-corrected chi connectivity index (χ3v) is 2.04. The van der Waals surface area contributed by atoms with Crippen molar-refractivity contribution in [3.63, 3.8) is 0 Å². The van der Waals surface area contributed by atoms with Crippen LogP contribution in [0.3, 0.4) is 0 Å². The predicted octanol–water partition coefficient (Wildman–Crippen LogP) is -1.37. The normalized spacial score (nSPS) is 16.1.